The highest BCUT2D eigenvalue weighted by atomic mass is 35.5. The minimum Gasteiger partial charge on any atom is -0.493 e. The number of benzene rings is 1. The van der Waals surface area contributed by atoms with Crippen LogP contribution in [0.3, 0.4) is 0 Å². The van der Waals surface area contributed by atoms with Crippen LogP contribution >= 0.6 is 23.2 Å². The van der Waals surface area contributed by atoms with Gasteiger partial charge in [0.1, 0.15) is 17.9 Å². The Labute approximate surface area is 164 Å². The van der Waals surface area contributed by atoms with E-state index in [1.165, 1.54) is 20.0 Å². The van der Waals surface area contributed by atoms with Crippen molar-refractivity contribution >= 4 is 35.0 Å². The number of carbonyl (C=O) groups is 2. The molecule has 0 aliphatic carbocycles. The second kappa shape index (κ2) is 12.7. The van der Waals surface area contributed by atoms with Gasteiger partial charge in [0.25, 0.3) is 0 Å². The number of hydrogen-bond donors (Lipinski definition) is 2. The Morgan fingerprint density at radius 1 is 1.04 bits per heavy atom. The lowest BCUT2D eigenvalue weighted by Crippen LogP contribution is -2.42. The number of carbonyl (C=O) groups excluding carboxylic acids is 2. The predicted octanol–water partition coefficient (Wildman–Crippen LogP) is 3.36. The van der Waals surface area contributed by atoms with Gasteiger partial charge in [0.2, 0.25) is 11.8 Å². The summed E-state index contributed by atoms with van der Waals surface area (Å²) >= 11 is 11.1. The van der Waals surface area contributed by atoms with E-state index in [4.69, 9.17) is 32.7 Å². The number of ether oxygens (including phenoxy) is 2. The first-order valence-electron chi connectivity index (χ1n) is 8.57. The number of nitrogens with one attached hydrogen (secondary N) is 2. The molecule has 6 nitrogen and oxygen atoms in total. The molecule has 0 bridgehead atoms. The van der Waals surface area contributed by atoms with Crippen molar-refractivity contribution in [2.45, 2.75) is 38.8 Å². The fraction of sp³-hybridized carbons (Fsp3) is 0.556. The van der Waals surface area contributed by atoms with Crippen molar-refractivity contribution in [1.82, 2.24) is 10.6 Å². The van der Waals surface area contributed by atoms with Crippen molar-refractivity contribution in [2.24, 2.45) is 0 Å². The molecule has 0 atom stereocenters. The summed E-state index contributed by atoms with van der Waals surface area (Å²) < 4.78 is 11.1. The molecule has 0 radical (unpaired) electrons. The van der Waals surface area contributed by atoms with Crippen molar-refractivity contribution in [3.8, 4) is 11.5 Å². The topological polar surface area (TPSA) is 76.7 Å². The summed E-state index contributed by atoms with van der Waals surface area (Å²) in [7, 11) is 1.53. The lowest BCUT2D eigenvalue weighted by atomic mass is 10.1. The molecule has 0 aliphatic rings. The molecule has 146 valence electrons. The first-order chi connectivity index (χ1) is 12.5. The molecular formula is C18H26Cl2N2O4. The maximum absolute atomic E-state index is 11.6. The molecule has 0 fully saturated rings. The van der Waals surface area contributed by atoms with Crippen LogP contribution in [0.2, 0.25) is 0 Å². The van der Waals surface area contributed by atoms with Gasteiger partial charge < -0.3 is 20.1 Å². The summed E-state index contributed by atoms with van der Waals surface area (Å²) in [5, 5.41) is 5.25. The first kappa shape index (κ1) is 22.4. The number of rotatable bonds is 12. The van der Waals surface area contributed by atoms with Crippen molar-refractivity contribution in [3.63, 3.8) is 0 Å². The van der Waals surface area contributed by atoms with Crippen molar-refractivity contribution < 1.29 is 19.1 Å². The Morgan fingerprint density at radius 2 is 1.69 bits per heavy atom. The number of unbranched alkanes of at least 4 members (excludes halogenated alkanes) is 3. The minimum absolute atomic E-state index is 0.219. The summed E-state index contributed by atoms with van der Waals surface area (Å²) in [6.45, 7) is 2.76. The molecule has 8 heteroatoms. The highest BCUT2D eigenvalue weighted by Gasteiger charge is 2.18. The third kappa shape index (κ3) is 7.70. The molecule has 2 amide bonds. The molecule has 0 spiro atoms. The number of methoxy groups -OCH3 is 1. The zero-order valence-corrected chi connectivity index (χ0v) is 16.7. The fourth-order valence-corrected chi connectivity index (χ4v) is 2.45. The first-order valence-corrected chi connectivity index (χ1v) is 9.64. The van der Waals surface area contributed by atoms with Crippen molar-refractivity contribution in [2.75, 3.05) is 25.5 Å². The molecule has 1 aromatic carbocycles. The molecular weight excluding hydrogens is 379 g/mol. The van der Waals surface area contributed by atoms with E-state index in [1.54, 1.807) is 18.2 Å². The van der Waals surface area contributed by atoms with Crippen LogP contribution in [0.25, 0.3) is 0 Å². The summed E-state index contributed by atoms with van der Waals surface area (Å²) in [6, 6.07) is 5.20. The third-order valence-electron chi connectivity index (χ3n) is 3.63. The van der Waals surface area contributed by atoms with Gasteiger partial charge >= 0.3 is 0 Å². The average Bonchev–Trinajstić information content (AvgIpc) is 2.66. The molecule has 0 unspecified atom stereocenters. The molecule has 0 aliphatic heterocycles. The predicted molar refractivity (Wildman–Crippen MR) is 103 cm³/mol. The van der Waals surface area contributed by atoms with Crippen LogP contribution in [0.15, 0.2) is 18.2 Å². The van der Waals surface area contributed by atoms with Crippen molar-refractivity contribution in [1.29, 1.82) is 0 Å². The maximum Gasteiger partial charge on any atom is 0.236 e. The van der Waals surface area contributed by atoms with Gasteiger partial charge in [0, 0.05) is 0 Å². The van der Waals surface area contributed by atoms with Gasteiger partial charge in [-0.3, -0.25) is 9.59 Å². The number of alkyl halides is 2. The van der Waals surface area contributed by atoms with Gasteiger partial charge in [-0.25, -0.2) is 0 Å². The standard InChI is InChI=1S/C18H26Cl2N2O4/c1-3-4-5-6-9-26-14-8-7-13(10-15(14)25-2)18(21-16(23)11-19)22-17(24)12-20/h7-8,10,18H,3-6,9,11-12H2,1-2H3,(H,21,23)(H,22,24). The second-order valence-corrected chi connectivity index (χ2v) is 6.19. The monoisotopic (exact) mass is 404 g/mol. The molecule has 0 saturated carbocycles. The van der Waals surface area contributed by atoms with Gasteiger partial charge in [-0.2, -0.15) is 0 Å². The van der Waals surface area contributed by atoms with E-state index in [-0.39, 0.29) is 11.8 Å². The fourth-order valence-electron chi connectivity index (χ4n) is 2.30. The lowest BCUT2D eigenvalue weighted by molar-refractivity contribution is -0.122. The van der Waals surface area contributed by atoms with Gasteiger partial charge in [0.15, 0.2) is 11.5 Å². The number of hydrogen-bond acceptors (Lipinski definition) is 4. The van der Waals surface area contributed by atoms with Gasteiger partial charge in [-0.15, -0.1) is 23.2 Å². The minimum atomic E-state index is -0.764. The van der Waals surface area contributed by atoms with Crippen molar-refractivity contribution in [3.05, 3.63) is 23.8 Å². The van der Waals surface area contributed by atoms with Crippen LogP contribution in [-0.2, 0) is 9.59 Å². The molecule has 1 aromatic rings. The van der Waals surface area contributed by atoms with E-state index in [0.29, 0.717) is 23.7 Å². The van der Waals surface area contributed by atoms with Gasteiger partial charge in [0.05, 0.1) is 13.7 Å². The van der Waals surface area contributed by atoms with Gasteiger partial charge in [-0.1, -0.05) is 32.3 Å². The van der Waals surface area contributed by atoms with E-state index in [2.05, 4.69) is 17.6 Å². The zero-order chi connectivity index (χ0) is 19.4. The normalized spacial score (nSPS) is 10.5. The summed E-state index contributed by atoms with van der Waals surface area (Å²) in [6.07, 6.45) is 3.68. The van der Waals surface area contributed by atoms with E-state index < -0.39 is 18.0 Å². The summed E-state index contributed by atoms with van der Waals surface area (Å²) in [4.78, 5) is 23.3. The van der Waals surface area contributed by atoms with Crippen LogP contribution in [0.5, 0.6) is 11.5 Å². The molecule has 0 aromatic heterocycles. The van der Waals surface area contributed by atoms with Crippen LogP contribution in [0.1, 0.15) is 44.3 Å². The molecule has 2 N–H and O–H groups in total. The Kier molecular flexibility index (Phi) is 10.9. The van der Waals surface area contributed by atoms with Crippen LogP contribution < -0.4 is 20.1 Å². The third-order valence-corrected chi connectivity index (χ3v) is 4.12. The lowest BCUT2D eigenvalue weighted by Gasteiger charge is -2.21. The van der Waals surface area contributed by atoms with E-state index in [9.17, 15) is 9.59 Å². The largest absolute Gasteiger partial charge is 0.493 e. The average molecular weight is 405 g/mol. The number of amides is 2. The summed E-state index contributed by atoms with van der Waals surface area (Å²) in [5.74, 6) is -0.141. The Balaban J connectivity index is 2.87. The van der Waals surface area contributed by atoms with E-state index >= 15 is 0 Å². The molecule has 0 saturated heterocycles. The SMILES string of the molecule is CCCCCCOc1ccc(C(NC(=O)CCl)NC(=O)CCl)cc1OC. The Bertz CT molecular complexity index is 566. The molecule has 1 rings (SSSR count). The van der Waals surface area contributed by atoms with Crippen LogP contribution in [0.4, 0.5) is 0 Å². The van der Waals surface area contributed by atoms with Crippen LogP contribution in [0, 0.1) is 0 Å². The van der Waals surface area contributed by atoms with Gasteiger partial charge in [-0.05, 0) is 24.1 Å². The van der Waals surface area contributed by atoms with E-state index in [0.717, 1.165) is 12.8 Å². The highest BCUT2D eigenvalue weighted by Crippen LogP contribution is 2.30. The highest BCUT2D eigenvalue weighted by molar-refractivity contribution is 6.27. The smallest absolute Gasteiger partial charge is 0.236 e. The Hall–Kier alpha value is -1.66. The second-order valence-electron chi connectivity index (χ2n) is 5.65. The summed E-state index contributed by atoms with van der Waals surface area (Å²) in [5.41, 5.74) is 0.622. The number of halogens is 2. The quantitative estimate of drug-likeness (QED) is 0.318. The molecule has 0 heterocycles. The maximum atomic E-state index is 11.6. The molecule has 26 heavy (non-hydrogen) atoms. The van der Waals surface area contributed by atoms with E-state index in [1.807, 2.05) is 0 Å². The Morgan fingerprint density at radius 3 is 2.23 bits per heavy atom. The van der Waals surface area contributed by atoms with Crippen LogP contribution in [-0.4, -0.2) is 37.3 Å². The zero-order valence-electron chi connectivity index (χ0n) is 15.1.